The van der Waals surface area contributed by atoms with Crippen LogP contribution in [0.4, 0.5) is 5.69 Å². The van der Waals surface area contributed by atoms with E-state index in [1.54, 1.807) is 17.5 Å². The van der Waals surface area contributed by atoms with Gasteiger partial charge in [0, 0.05) is 34.7 Å². The minimum atomic E-state index is -3.24. The fourth-order valence-corrected chi connectivity index (χ4v) is 5.00. The molecule has 2 heterocycles. The fraction of sp³-hybridized carbons (Fsp3) is 0.200. The maximum atomic E-state index is 12.7. The molecular formula is C20H18ClN3O3S2. The van der Waals surface area contributed by atoms with Crippen LogP contribution in [0.3, 0.4) is 0 Å². The number of anilines is 1. The number of amides is 1. The van der Waals surface area contributed by atoms with Crippen LogP contribution < -0.4 is 5.32 Å². The highest BCUT2D eigenvalue weighted by atomic mass is 35.5. The molecule has 0 fully saturated rings. The zero-order chi connectivity index (χ0) is 20.6. The Morgan fingerprint density at radius 1 is 1.21 bits per heavy atom. The predicted octanol–water partition coefficient (Wildman–Crippen LogP) is 4.03. The first-order chi connectivity index (χ1) is 13.8. The Morgan fingerprint density at radius 3 is 2.69 bits per heavy atom. The molecule has 3 aromatic rings. The normalized spacial score (nSPS) is 14.4. The molecule has 1 aliphatic rings. The number of nitrogens with zero attached hydrogens (tertiary/aromatic N) is 2. The minimum absolute atomic E-state index is 0.291. The largest absolute Gasteiger partial charge is 0.320 e. The average molecular weight is 448 g/mol. The standard InChI is InChI=1S/C20H18ClN3O3S2/c1-29(26,27)24-10-9-16-14(11-24)3-2-4-17(16)22-19(25)18-12-28-20(23-18)13-5-7-15(21)8-6-13/h2-8,12H,9-11H2,1H3,(H,22,25). The van der Waals surface area contributed by atoms with Crippen LogP contribution in [0.1, 0.15) is 21.6 Å². The smallest absolute Gasteiger partial charge is 0.275 e. The Labute approximate surface area is 178 Å². The van der Waals surface area contributed by atoms with Gasteiger partial charge in [0.25, 0.3) is 5.91 Å². The number of nitrogens with one attached hydrogen (secondary N) is 1. The number of aromatic nitrogens is 1. The van der Waals surface area contributed by atoms with Crippen molar-refractivity contribution in [1.82, 2.24) is 9.29 Å². The van der Waals surface area contributed by atoms with Gasteiger partial charge in [0.05, 0.1) is 6.26 Å². The second-order valence-electron chi connectivity index (χ2n) is 6.79. The van der Waals surface area contributed by atoms with Crippen molar-refractivity contribution in [3.63, 3.8) is 0 Å². The molecule has 1 N–H and O–H groups in total. The van der Waals surface area contributed by atoms with E-state index in [1.807, 2.05) is 30.3 Å². The lowest BCUT2D eigenvalue weighted by atomic mass is 9.99. The van der Waals surface area contributed by atoms with Gasteiger partial charge in [0.1, 0.15) is 10.7 Å². The van der Waals surface area contributed by atoms with E-state index in [9.17, 15) is 13.2 Å². The van der Waals surface area contributed by atoms with Crippen LogP contribution in [0.15, 0.2) is 47.8 Å². The van der Waals surface area contributed by atoms with Gasteiger partial charge in [-0.25, -0.2) is 13.4 Å². The van der Waals surface area contributed by atoms with Crippen molar-refractivity contribution in [3.05, 3.63) is 69.7 Å². The highest BCUT2D eigenvalue weighted by molar-refractivity contribution is 7.88. The van der Waals surface area contributed by atoms with E-state index < -0.39 is 10.0 Å². The number of hydrogen-bond acceptors (Lipinski definition) is 5. The summed E-state index contributed by atoms with van der Waals surface area (Å²) in [7, 11) is -3.24. The number of rotatable bonds is 4. The molecule has 0 saturated carbocycles. The molecule has 0 aliphatic carbocycles. The van der Waals surface area contributed by atoms with Crippen LogP contribution in [0.5, 0.6) is 0 Å². The topological polar surface area (TPSA) is 79.4 Å². The van der Waals surface area contributed by atoms with Gasteiger partial charge in [-0.15, -0.1) is 11.3 Å². The van der Waals surface area contributed by atoms with Crippen LogP contribution in [0.25, 0.3) is 10.6 Å². The van der Waals surface area contributed by atoms with E-state index >= 15 is 0 Å². The molecule has 1 amide bonds. The van der Waals surface area contributed by atoms with Crippen molar-refractivity contribution in [1.29, 1.82) is 0 Å². The van der Waals surface area contributed by atoms with Crippen molar-refractivity contribution in [2.24, 2.45) is 0 Å². The summed E-state index contributed by atoms with van der Waals surface area (Å²) in [5, 5.41) is 6.04. The fourth-order valence-electron chi connectivity index (χ4n) is 3.27. The minimum Gasteiger partial charge on any atom is -0.320 e. The van der Waals surface area contributed by atoms with Crippen molar-refractivity contribution < 1.29 is 13.2 Å². The van der Waals surface area contributed by atoms with Crippen molar-refractivity contribution in [2.45, 2.75) is 13.0 Å². The number of fused-ring (bicyclic) bond motifs is 1. The van der Waals surface area contributed by atoms with Crippen molar-refractivity contribution in [3.8, 4) is 10.6 Å². The summed E-state index contributed by atoms with van der Waals surface area (Å²) in [5.74, 6) is -0.291. The highest BCUT2D eigenvalue weighted by Gasteiger charge is 2.25. The van der Waals surface area contributed by atoms with Crippen LogP contribution in [-0.4, -0.2) is 36.4 Å². The van der Waals surface area contributed by atoms with E-state index in [0.29, 0.717) is 35.9 Å². The predicted molar refractivity (Wildman–Crippen MR) is 116 cm³/mol. The molecule has 9 heteroatoms. The third-order valence-corrected chi connectivity index (χ3v) is 7.17. The molecular weight excluding hydrogens is 430 g/mol. The molecule has 2 aromatic carbocycles. The van der Waals surface area contributed by atoms with E-state index in [2.05, 4.69) is 10.3 Å². The van der Waals surface area contributed by atoms with Gasteiger partial charge in [-0.3, -0.25) is 4.79 Å². The van der Waals surface area contributed by atoms with Crippen molar-refractivity contribution in [2.75, 3.05) is 18.1 Å². The molecule has 29 heavy (non-hydrogen) atoms. The number of carbonyl (C=O) groups is 1. The van der Waals surface area contributed by atoms with E-state index in [1.165, 1.54) is 21.9 Å². The lowest BCUT2D eigenvalue weighted by Crippen LogP contribution is -2.35. The zero-order valence-electron chi connectivity index (χ0n) is 15.6. The van der Waals surface area contributed by atoms with Crippen LogP contribution in [0.2, 0.25) is 5.02 Å². The molecule has 6 nitrogen and oxygen atoms in total. The molecule has 0 atom stereocenters. The number of carbonyl (C=O) groups excluding carboxylic acids is 1. The van der Waals surface area contributed by atoms with Gasteiger partial charge in [0.15, 0.2) is 0 Å². The Balaban J connectivity index is 1.54. The monoisotopic (exact) mass is 447 g/mol. The number of sulfonamides is 1. The van der Waals surface area contributed by atoms with Gasteiger partial charge >= 0.3 is 0 Å². The number of halogens is 1. The molecule has 1 aromatic heterocycles. The average Bonchev–Trinajstić information content (AvgIpc) is 3.18. The first-order valence-corrected chi connectivity index (χ1v) is 12.0. The summed E-state index contributed by atoms with van der Waals surface area (Å²) < 4.78 is 25.1. The second kappa shape index (κ2) is 7.87. The summed E-state index contributed by atoms with van der Waals surface area (Å²) in [6.07, 6.45) is 1.76. The molecule has 0 radical (unpaired) electrons. The zero-order valence-corrected chi connectivity index (χ0v) is 17.9. The quantitative estimate of drug-likeness (QED) is 0.654. The molecule has 4 rings (SSSR count). The molecule has 0 saturated heterocycles. The number of thiazole rings is 1. The molecule has 0 spiro atoms. The third kappa shape index (κ3) is 4.35. The van der Waals surface area contributed by atoms with Gasteiger partial charge in [-0.1, -0.05) is 35.9 Å². The van der Waals surface area contributed by atoms with Crippen molar-refractivity contribution >= 4 is 44.6 Å². The number of benzene rings is 2. The molecule has 0 bridgehead atoms. The maximum Gasteiger partial charge on any atom is 0.275 e. The molecule has 0 unspecified atom stereocenters. The first-order valence-electron chi connectivity index (χ1n) is 8.90. The second-order valence-corrected chi connectivity index (χ2v) is 10.1. The lowest BCUT2D eigenvalue weighted by molar-refractivity contribution is 0.102. The number of hydrogen-bond donors (Lipinski definition) is 1. The summed E-state index contributed by atoms with van der Waals surface area (Å²) in [6, 6.07) is 12.8. The summed E-state index contributed by atoms with van der Waals surface area (Å²) in [6.45, 7) is 0.714. The van der Waals surface area contributed by atoms with Crippen LogP contribution in [0, 0.1) is 0 Å². The lowest BCUT2D eigenvalue weighted by Gasteiger charge is -2.28. The van der Waals surface area contributed by atoms with Crippen LogP contribution >= 0.6 is 22.9 Å². The maximum absolute atomic E-state index is 12.7. The molecule has 150 valence electrons. The Morgan fingerprint density at radius 2 is 1.97 bits per heavy atom. The Hall–Kier alpha value is -2.26. The SMILES string of the molecule is CS(=O)(=O)N1CCc2c(cccc2NC(=O)c2csc(-c3ccc(Cl)cc3)n2)C1. The summed E-state index contributed by atoms with van der Waals surface area (Å²) in [5.41, 5.74) is 3.80. The first kappa shape index (κ1) is 20.0. The van der Waals surface area contributed by atoms with Gasteiger partial charge in [0.2, 0.25) is 10.0 Å². The summed E-state index contributed by atoms with van der Waals surface area (Å²) in [4.78, 5) is 17.2. The molecule has 1 aliphatic heterocycles. The van der Waals surface area contributed by atoms with Crippen LogP contribution in [-0.2, 0) is 23.0 Å². The van der Waals surface area contributed by atoms with Gasteiger partial charge in [-0.05, 0) is 35.7 Å². The Kier molecular flexibility index (Phi) is 5.44. The Bertz CT molecular complexity index is 1170. The van der Waals surface area contributed by atoms with E-state index in [-0.39, 0.29) is 5.91 Å². The highest BCUT2D eigenvalue weighted by Crippen LogP contribution is 2.29. The van der Waals surface area contributed by atoms with Gasteiger partial charge < -0.3 is 5.32 Å². The summed E-state index contributed by atoms with van der Waals surface area (Å²) >= 11 is 7.31. The van der Waals surface area contributed by atoms with E-state index in [0.717, 1.165) is 21.7 Å². The third-order valence-electron chi connectivity index (χ3n) is 4.78. The van der Waals surface area contributed by atoms with E-state index in [4.69, 9.17) is 11.6 Å². The van der Waals surface area contributed by atoms with Gasteiger partial charge in [-0.2, -0.15) is 4.31 Å².